The van der Waals surface area contributed by atoms with Gasteiger partial charge in [0.2, 0.25) is 0 Å². The molecule has 1 aliphatic rings. The lowest BCUT2D eigenvalue weighted by Gasteiger charge is -2.21. The van der Waals surface area contributed by atoms with Gasteiger partial charge in [0.15, 0.2) is 0 Å². The van der Waals surface area contributed by atoms with E-state index in [1.807, 2.05) is 19.2 Å². The van der Waals surface area contributed by atoms with E-state index < -0.39 is 0 Å². The Hall–Kier alpha value is -1.95. The number of nitrogens with one attached hydrogen (secondary N) is 1. The van der Waals surface area contributed by atoms with Gasteiger partial charge in [0.05, 0.1) is 10.7 Å². The van der Waals surface area contributed by atoms with Gasteiger partial charge in [-0.1, -0.05) is 26.7 Å². The molecule has 0 atom stereocenters. The smallest absolute Gasteiger partial charge is 0.263 e. The van der Waals surface area contributed by atoms with Gasteiger partial charge in [-0.05, 0) is 43.4 Å². The van der Waals surface area contributed by atoms with Gasteiger partial charge in [-0.3, -0.25) is 4.79 Å². The second kappa shape index (κ2) is 9.31. The van der Waals surface area contributed by atoms with Gasteiger partial charge >= 0.3 is 0 Å². The predicted octanol–water partition coefficient (Wildman–Crippen LogP) is 4.36. The number of rotatable bonds is 6. The molecule has 1 fully saturated rings. The van der Waals surface area contributed by atoms with Gasteiger partial charge in [0.1, 0.15) is 10.7 Å². The Bertz CT molecular complexity index is 763. The molecule has 0 aliphatic carbocycles. The van der Waals surface area contributed by atoms with Crippen LogP contribution < -0.4 is 10.2 Å². The van der Waals surface area contributed by atoms with Gasteiger partial charge in [0, 0.05) is 32.3 Å². The topological polar surface area (TPSA) is 58.1 Å². The summed E-state index contributed by atoms with van der Waals surface area (Å²) in [7, 11) is 0. The Morgan fingerprint density at radius 3 is 2.70 bits per heavy atom. The fraction of sp³-hybridized carbons (Fsp3) is 0.571. The first-order valence-electron chi connectivity index (χ1n) is 9.97. The van der Waals surface area contributed by atoms with E-state index in [1.54, 1.807) is 0 Å². The number of aryl methyl sites for hydroxylation is 1. The zero-order valence-corrected chi connectivity index (χ0v) is 17.4. The summed E-state index contributed by atoms with van der Waals surface area (Å²) in [6.07, 6.45) is 7.83. The highest BCUT2D eigenvalue weighted by Gasteiger charge is 2.16. The third-order valence-corrected chi connectivity index (χ3v) is 6.00. The van der Waals surface area contributed by atoms with Crippen LogP contribution in [0.3, 0.4) is 0 Å². The number of pyridine rings is 1. The van der Waals surface area contributed by atoms with E-state index in [9.17, 15) is 4.79 Å². The molecule has 0 aromatic carbocycles. The molecule has 0 unspecified atom stereocenters. The molecule has 2 aromatic rings. The Balaban J connectivity index is 1.62. The average molecular weight is 387 g/mol. The number of nitrogens with zero attached hydrogens (tertiary/aromatic N) is 3. The minimum absolute atomic E-state index is 0.0341. The molecule has 27 heavy (non-hydrogen) atoms. The molecule has 3 heterocycles. The SMILES string of the molecule is Cc1nc(CC(C)C)sc1C(=O)NCc1ccnc(N2CCCCCC2)c1. The van der Waals surface area contributed by atoms with Gasteiger partial charge in [-0.2, -0.15) is 0 Å². The van der Waals surface area contributed by atoms with Crippen LogP contribution in [-0.2, 0) is 13.0 Å². The van der Waals surface area contributed by atoms with Crippen LogP contribution in [-0.4, -0.2) is 29.0 Å². The Labute approximate surface area is 166 Å². The van der Waals surface area contributed by atoms with Crippen LogP contribution >= 0.6 is 11.3 Å². The highest BCUT2D eigenvalue weighted by Crippen LogP contribution is 2.21. The summed E-state index contributed by atoms with van der Waals surface area (Å²) < 4.78 is 0. The Kier molecular flexibility index (Phi) is 6.83. The standard InChI is InChI=1S/C21H30N4OS/c1-15(2)12-19-24-16(3)20(27-19)21(26)23-14-17-8-9-22-18(13-17)25-10-6-4-5-7-11-25/h8-9,13,15H,4-7,10-12,14H2,1-3H3,(H,23,26). The van der Waals surface area contributed by atoms with E-state index >= 15 is 0 Å². The number of amides is 1. The van der Waals surface area contributed by atoms with Crippen LogP contribution in [0.5, 0.6) is 0 Å². The summed E-state index contributed by atoms with van der Waals surface area (Å²) in [5.41, 5.74) is 1.91. The highest BCUT2D eigenvalue weighted by molar-refractivity contribution is 7.13. The minimum atomic E-state index is -0.0341. The van der Waals surface area contributed by atoms with Crippen molar-refractivity contribution in [2.45, 2.75) is 59.4 Å². The summed E-state index contributed by atoms with van der Waals surface area (Å²) in [6, 6.07) is 4.08. The van der Waals surface area contributed by atoms with Crippen molar-refractivity contribution < 1.29 is 4.79 Å². The van der Waals surface area contributed by atoms with E-state index in [2.05, 4.69) is 40.1 Å². The summed E-state index contributed by atoms with van der Waals surface area (Å²) in [5.74, 6) is 1.53. The lowest BCUT2D eigenvalue weighted by Crippen LogP contribution is -2.26. The van der Waals surface area contributed by atoms with Crippen molar-refractivity contribution in [3.63, 3.8) is 0 Å². The summed E-state index contributed by atoms with van der Waals surface area (Å²) in [5, 5.41) is 4.09. The van der Waals surface area contributed by atoms with Crippen molar-refractivity contribution in [1.29, 1.82) is 0 Å². The summed E-state index contributed by atoms with van der Waals surface area (Å²) in [6.45, 7) is 8.91. The lowest BCUT2D eigenvalue weighted by molar-refractivity contribution is 0.0954. The third-order valence-electron chi connectivity index (χ3n) is 4.82. The predicted molar refractivity (Wildman–Crippen MR) is 111 cm³/mol. The number of carbonyl (C=O) groups is 1. The molecule has 0 radical (unpaired) electrons. The average Bonchev–Trinajstić information content (AvgIpc) is 2.85. The lowest BCUT2D eigenvalue weighted by atomic mass is 10.1. The van der Waals surface area contributed by atoms with Crippen molar-refractivity contribution in [2.24, 2.45) is 5.92 Å². The first-order valence-corrected chi connectivity index (χ1v) is 10.8. The number of thiazole rings is 1. The molecular weight excluding hydrogens is 356 g/mol. The second-order valence-corrected chi connectivity index (χ2v) is 8.81. The van der Waals surface area contributed by atoms with Crippen molar-refractivity contribution >= 4 is 23.1 Å². The van der Waals surface area contributed by atoms with Gasteiger partial charge in [0.25, 0.3) is 5.91 Å². The van der Waals surface area contributed by atoms with Crippen LogP contribution in [0.1, 0.15) is 65.5 Å². The van der Waals surface area contributed by atoms with Crippen LogP contribution in [0.15, 0.2) is 18.3 Å². The minimum Gasteiger partial charge on any atom is -0.357 e. The third kappa shape index (κ3) is 5.51. The maximum Gasteiger partial charge on any atom is 0.263 e. The Morgan fingerprint density at radius 1 is 1.26 bits per heavy atom. The van der Waals surface area contributed by atoms with Gasteiger partial charge in [-0.25, -0.2) is 9.97 Å². The monoisotopic (exact) mass is 386 g/mol. The maximum atomic E-state index is 12.6. The Morgan fingerprint density at radius 2 is 2.00 bits per heavy atom. The fourth-order valence-corrected chi connectivity index (χ4v) is 4.60. The molecule has 146 valence electrons. The first-order chi connectivity index (χ1) is 13.0. The van der Waals surface area contributed by atoms with Crippen LogP contribution in [0.25, 0.3) is 0 Å². The molecule has 0 saturated carbocycles. The number of carbonyl (C=O) groups excluding carboxylic acids is 1. The van der Waals surface area contributed by atoms with E-state index in [0.717, 1.165) is 46.5 Å². The highest BCUT2D eigenvalue weighted by atomic mass is 32.1. The van der Waals surface area contributed by atoms with E-state index in [0.29, 0.717) is 12.5 Å². The molecule has 5 nitrogen and oxygen atoms in total. The van der Waals surface area contributed by atoms with Crippen molar-refractivity contribution in [2.75, 3.05) is 18.0 Å². The number of hydrogen-bond donors (Lipinski definition) is 1. The largest absolute Gasteiger partial charge is 0.357 e. The molecule has 0 bridgehead atoms. The molecule has 6 heteroatoms. The number of anilines is 1. The molecule has 1 saturated heterocycles. The number of aromatic nitrogens is 2. The first kappa shape index (κ1) is 19.8. The van der Waals surface area contributed by atoms with Crippen molar-refractivity contribution in [3.8, 4) is 0 Å². The quantitative estimate of drug-likeness (QED) is 0.801. The molecule has 3 rings (SSSR count). The van der Waals surface area contributed by atoms with E-state index in [4.69, 9.17) is 0 Å². The van der Waals surface area contributed by atoms with Gasteiger partial charge < -0.3 is 10.2 Å². The maximum absolute atomic E-state index is 12.6. The molecular formula is C21H30N4OS. The van der Waals surface area contributed by atoms with E-state index in [-0.39, 0.29) is 5.91 Å². The van der Waals surface area contributed by atoms with Crippen molar-refractivity contribution in [3.05, 3.63) is 39.5 Å². The van der Waals surface area contributed by atoms with Crippen molar-refractivity contribution in [1.82, 2.24) is 15.3 Å². The molecule has 2 aromatic heterocycles. The molecule has 1 N–H and O–H groups in total. The summed E-state index contributed by atoms with van der Waals surface area (Å²) >= 11 is 1.52. The van der Waals surface area contributed by atoms with Crippen LogP contribution in [0, 0.1) is 12.8 Å². The van der Waals surface area contributed by atoms with Gasteiger partial charge in [-0.15, -0.1) is 11.3 Å². The summed E-state index contributed by atoms with van der Waals surface area (Å²) in [4.78, 5) is 24.8. The molecule has 1 amide bonds. The van der Waals surface area contributed by atoms with E-state index in [1.165, 1.54) is 37.0 Å². The van der Waals surface area contributed by atoms with Crippen LogP contribution in [0.2, 0.25) is 0 Å². The second-order valence-electron chi connectivity index (χ2n) is 7.73. The molecule has 0 spiro atoms. The zero-order valence-electron chi connectivity index (χ0n) is 16.6. The van der Waals surface area contributed by atoms with Crippen LogP contribution in [0.4, 0.5) is 5.82 Å². The molecule has 1 aliphatic heterocycles. The normalized spacial score (nSPS) is 15.0. The fourth-order valence-electron chi connectivity index (χ4n) is 3.41. The zero-order chi connectivity index (χ0) is 19.2. The number of hydrogen-bond acceptors (Lipinski definition) is 5.